The van der Waals surface area contributed by atoms with Gasteiger partial charge in [0.25, 0.3) is 5.91 Å². The summed E-state index contributed by atoms with van der Waals surface area (Å²) in [6, 6.07) is 1.91. The highest BCUT2D eigenvalue weighted by molar-refractivity contribution is 9.10. The van der Waals surface area contributed by atoms with Crippen LogP contribution in [-0.2, 0) is 0 Å². The van der Waals surface area contributed by atoms with Crippen molar-refractivity contribution in [2.45, 2.75) is 19.3 Å². The Kier molecular flexibility index (Phi) is 5.00. The first-order valence-electron chi connectivity index (χ1n) is 5.99. The standard InChI is InChI=1S/C12H17BrN2OS/c13-10-4-7-17-11(10)12(16)15-6-3-9-2-1-5-14-8-9/h4,7,9,14H,1-3,5-6,8H2,(H,15,16)/t9-/m1/s1. The largest absolute Gasteiger partial charge is 0.351 e. The zero-order valence-corrected chi connectivity index (χ0v) is 12.1. The fourth-order valence-electron chi connectivity index (χ4n) is 2.10. The van der Waals surface area contributed by atoms with Crippen molar-refractivity contribution in [2.24, 2.45) is 5.92 Å². The van der Waals surface area contributed by atoms with E-state index in [2.05, 4.69) is 26.6 Å². The lowest BCUT2D eigenvalue weighted by atomic mass is 9.96. The van der Waals surface area contributed by atoms with E-state index in [0.717, 1.165) is 41.3 Å². The molecule has 1 amide bonds. The van der Waals surface area contributed by atoms with Crippen LogP contribution in [0.1, 0.15) is 28.9 Å². The third-order valence-corrected chi connectivity index (χ3v) is 4.90. The molecule has 2 N–H and O–H groups in total. The van der Waals surface area contributed by atoms with Gasteiger partial charge in [-0.15, -0.1) is 11.3 Å². The van der Waals surface area contributed by atoms with E-state index in [1.54, 1.807) is 0 Å². The summed E-state index contributed by atoms with van der Waals surface area (Å²) in [7, 11) is 0. The Balaban J connectivity index is 1.71. The van der Waals surface area contributed by atoms with Crippen LogP contribution in [0.3, 0.4) is 0 Å². The number of hydrogen-bond donors (Lipinski definition) is 2. The van der Waals surface area contributed by atoms with Crippen LogP contribution < -0.4 is 10.6 Å². The summed E-state index contributed by atoms with van der Waals surface area (Å²) in [4.78, 5) is 12.6. The van der Waals surface area contributed by atoms with E-state index < -0.39 is 0 Å². The number of piperidine rings is 1. The van der Waals surface area contributed by atoms with E-state index >= 15 is 0 Å². The summed E-state index contributed by atoms with van der Waals surface area (Å²) >= 11 is 4.85. The predicted octanol–water partition coefficient (Wildman–Crippen LogP) is 2.63. The van der Waals surface area contributed by atoms with Gasteiger partial charge in [-0.3, -0.25) is 4.79 Å². The summed E-state index contributed by atoms with van der Waals surface area (Å²) in [6.45, 7) is 3.01. The van der Waals surface area contributed by atoms with Gasteiger partial charge in [0.1, 0.15) is 4.88 Å². The molecule has 2 rings (SSSR count). The van der Waals surface area contributed by atoms with Gasteiger partial charge in [-0.1, -0.05) is 0 Å². The van der Waals surface area contributed by atoms with Crippen LogP contribution in [0.4, 0.5) is 0 Å². The molecule has 1 aromatic heterocycles. The molecular formula is C12H17BrN2OS. The molecule has 5 heteroatoms. The monoisotopic (exact) mass is 316 g/mol. The van der Waals surface area contributed by atoms with Crippen molar-refractivity contribution < 1.29 is 4.79 Å². The Labute approximate surface area is 114 Å². The van der Waals surface area contributed by atoms with Gasteiger partial charge in [0.15, 0.2) is 0 Å². The molecule has 2 heterocycles. The first kappa shape index (κ1) is 13.1. The highest BCUT2D eigenvalue weighted by Crippen LogP contribution is 2.22. The zero-order chi connectivity index (χ0) is 12.1. The van der Waals surface area contributed by atoms with E-state index in [0.29, 0.717) is 0 Å². The smallest absolute Gasteiger partial charge is 0.262 e. The summed E-state index contributed by atoms with van der Waals surface area (Å²) in [5.41, 5.74) is 0. The van der Waals surface area contributed by atoms with Crippen LogP contribution in [0.2, 0.25) is 0 Å². The van der Waals surface area contributed by atoms with Crippen LogP contribution in [0.15, 0.2) is 15.9 Å². The van der Waals surface area contributed by atoms with Crippen molar-refractivity contribution in [3.05, 3.63) is 20.8 Å². The molecule has 3 nitrogen and oxygen atoms in total. The molecule has 0 saturated carbocycles. The second-order valence-electron chi connectivity index (χ2n) is 4.35. The van der Waals surface area contributed by atoms with Crippen molar-refractivity contribution in [1.82, 2.24) is 10.6 Å². The third-order valence-electron chi connectivity index (χ3n) is 3.06. The van der Waals surface area contributed by atoms with Crippen LogP contribution in [-0.4, -0.2) is 25.5 Å². The number of carbonyl (C=O) groups is 1. The van der Waals surface area contributed by atoms with E-state index in [4.69, 9.17) is 0 Å². The fraction of sp³-hybridized carbons (Fsp3) is 0.583. The number of hydrogen-bond acceptors (Lipinski definition) is 3. The van der Waals surface area contributed by atoms with E-state index in [1.165, 1.54) is 24.2 Å². The Hall–Kier alpha value is -0.390. The van der Waals surface area contributed by atoms with Crippen molar-refractivity contribution in [3.8, 4) is 0 Å². The number of halogens is 1. The number of nitrogens with one attached hydrogen (secondary N) is 2. The maximum Gasteiger partial charge on any atom is 0.262 e. The lowest BCUT2D eigenvalue weighted by Crippen LogP contribution is -2.33. The van der Waals surface area contributed by atoms with Crippen molar-refractivity contribution in [1.29, 1.82) is 0 Å². The molecule has 17 heavy (non-hydrogen) atoms. The maximum atomic E-state index is 11.8. The van der Waals surface area contributed by atoms with Crippen molar-refractivity contribution in [3.63, 3.8) is 0 Å². The van der Waals surface area contributed by atoms with Crippen molar-refractivity contribution >= 4 is 33.2 Å². The highest BCUT2D eigenvalue weighted by atomic mass is 79.9. The lowest BCUT2D eigenvalue weighted by molar-refractivity contribution is 0.0954. The summed E-state index contributed by atoms with van der Waals surface area (Å²) < 4.78 is 0.888. The molecule has 0 aliphatic carbocycles. The Morgan fingerprint density at radius 1 is 1.65 bits per heavy atom. The molecule has 1 fully saturated rings. The summed E-state index contributed by atoms with van der Waals surface area (Å²) in [5.74, 6) is 0.756. The highest BCUT2D eigenvalue weighted by Gasteiger charge is 2.14. The quantitative estimate of drug-likeness (QED) is 0.896. The first-order chi connectivity index (χ1) is 8.27. The van der Waals surface area contributed by atoms with Gasteiger partial charge in [-0.2, -0.15) is 0 Å². The molecule has 1 saturated heterocycles. The molecule has 1 aromatic rings. The SMILES string of the molecule is O=C(NCC[C@H]1CCCNC1)c1sccc1Br. The zero-order valence-electron chi connectivity index (χ0n) is 9.67. The number of rotatable bonds is 4. The Bertz CT molecular complexity index is 374. The molecule has 1 aliphatic rings. The maximum absolute atomic E-state index is 11.8. The molecule has 0 aromatic carbocycles. The topological polar surface area (TPSA) is 41.1 Å². The summed E-state index contributed by atoms with van der Waals surface area (Å²) in [6.07, 6.45) is 3.61. The molecular weight excluding hydrogens is 300 g/mol. The molecule has 0 bridgehead atoms. The number of carbonyl (C=O) groups excluding carboxylic acids is 1. The van der Waals surface area contributed by atoms with Gasteiger partial charge >= 0.3 is 0 Å². The predicted molar refractivity (Wildman–Crippen MR) is 74.6 cm³/mol. The third kappa shape index (κ3) is 3.79. The molecule has 94 valence electrons. The normalized spacial score (nSPS) is 20.2. The Morgan fingerprint density at radius 3 is 3.18 bits per heavy atom. The lowest BCUT2D eigenvalue weighted by Gasteiger charge is -2.22. The van der Waals surface area contributed by atoms with Crippen LogP contribution in [0, 0.1) is 5.92 Å². The second-order valence-corrected chi connectivity index (χ2v) is 6.13. The van der Waals surface area contributed by atoms with Gasteiger partial charge in [0, 0.05) is 11.0 Å². The minimum absolute atomic E-state index is 0.0376. The van der Waals surface area contributed by atoms with Crippen molar-refractivity contribution in [2.75, 3.05) is 19.6 Å². The van der Waals surface area contributed by atoms with Crippen LogP contribution >= 0.6 is 27.3 Å². The first-order valence-corrected chi connectivity index (χ1v) is 7.66. The van der Waals surface area contributed by atoms with Gasteiger partial charge in [-0.05, 0) is 65.6 Å². The second kappa shape index (κ2) is 6.52. The van der Waals surface area contributed by atoms with Gasteiger partial charge in [-0.25, -0.2) is 0 Å². The minimum atomic E-state index is 0.0376. The average molecular weight is 317 g/mol. The van der Waals surface area contributed by atoms with E-state index in [1.807, 2.05) is 11.4 Å². The van der Waals surface area contributed by atoms with Crippen LogP contribution in [0.5, 0.6) is 0 Å². The molecule has 0 radical (unpaired) electrons. The molecule has 0 spiro atoms. The van der Waals surface area contributed by atoms with Gasteiger partial charge in [0.2, 0.25) is 0 Å². The molecule has 1 atom stereocenters. The average Bonchev–Trinajstić information content (AvgIpc) is 2.77. The summed E-state index contributed by atoms with van der Waals surface area (Å²) in [5, 5.41) is 8.30. The van der Waals surface area contributed by atoms with E-state index in [9.17, 15) is 4.79 Å². The number of thiophene rings is 1. The molecule has 1 aliphatic heterocycles. The van der Waals surface area contributed by atoms with Gasteiger partial charge in [0.05, 0.1) is 0 Å². The number of amides is 1. The fourth-order valence-corrected chi connectivity index (χ4v) is 3.56. The Morgan fingerprint density at radius 2 is 2.53 bits per heavy atom. The van der Waals surface area contributed by atoms with E-state index in [-0.39, 0.29) is 5.91 Å². The molecule has 0 unspecified atom stereocenters. The van der Waals surface area contributed by atoms with Crippen LogP contribution in [0.25, 0.3) is 0 Å². The minimum Gasteiger partial charge on any atom is -0.351 e. The van der Waals surface area contributed by atoms with Gasteiger partial charge < -0.3 is 10.6 Å².